The molecule has 0 unspecified atom stereocenters. The van der Waals surface area contributed by atoms with E-state index < -0.39 is 0 Å². The molecule has 3 aromatic rings. The van der Waals surface area contributed by atoms with Gasteiger partial charge in [0.15, 0.2) is 5.78 Å². The average Bonchev–Trinajstić information content (AvgIpc) is 3.33. The predicted octanol–water partition coefficient (Wildman–Crippen LogP) is 7.31. The van der Waals surface area contributed by atoms with Crippen LogP contribution in [0.5, 0.6) is 0 Å². The Bertz CT molecular complexity index is 917. The van der Waals surface area contributed by atoms with E-state index in [0.717, 1.165) is 18.7 Å². The van der Waals surface area contributed by atoms with Crippen molar-refractivity contribution in [3.05, 3.63) is 58.1 Å². The van der Waals surface area contributed by atoms with Gasteiger partial charge in [-0.05, 0) is 60.5 Å². The Labute approximate surface area is 167 Å². The molecule has 0 aliphatic carbocycles. The molecule has 4 rings (SSSR count). The Balaban J connectivity index is 0.000000614. The molecule has 0 saturated heterocycles. The van der Waals surface area contributed by atoms with Crippen LogP contribution in [0.2, 0.25) is 0 Å². The molecule has 3 heteroatoms. The fraction of sp³-hybridized carbons (Fsp3) is 0.375. The summed E-state index contributed by atoms with van der Waals surface area (Å²) in [7, 11) is 0. The van der Waals surface area contributed by atoms with E-state index in [9.17, 15) is 4.79 Å². The van der Waals surface area contributed by atoms with Crippen molar-refractivity contribution in [2.75, 3.05) is 0 Å². The number of hydrogen-bond donors (Lipinski definition) is 0. The van der Waals surface area contributed by atoms with Crippen LogP contribution >= 0.6 is 11.3 Å². The summed E-state index contributed by atoms with van der Waals surface area (Å²) in [5, 5.41) is 2.09. The van der Waals surface area contributed by atoms with Crippen molar-refractivity contribution in [3.63, 3.8) is 0 Å². The second kappa shape index (κ2) is 9.18. The van der Waals surface area contributed by atoms with Crippen LogP contribution in [0.3, 0.4) is 0 Å². The Morgan fingerprint density at radius 2 is 1.67 bits per heavy atom. The fourth-order valence-electron chi connectivity index (χ4n) is 3.52. The highest BCUT2D eigenvalue weighted by atomic mass is 32.1. The minimum Gasteiger partial charge on any atom is -0.337 e. The molecule has 0 spiro atoms. The van der Waals surface area contributed by atoms with Gasteiger partial charge >= 0.3 is 0 Å². The molecule has 1 aromatic carbocycles. The van der Waals surface area contributed by atoms with Crippen LogP contribution in [-0.2, 0) is 13.0 Å². The zero-order valence-electron chi connectivity index (χ0n) is 17.6. The number of rotatable bonds is 2. The van der Waals surface area contributed by atoms with Crippen molar-refractivity contribution >= 4 is 17.1 Å². The van der Waals surface area contributed by atoms with E-state index in [1.54, 1.807) is 18.3 Å². The smallest absolute Gasteiger partial charge is 0.176 e. The molecule has 0 bridgehead atoms. The van der Waals surface area contributed by atoms with E-state index in [1.807, 2.05) is 27.7 Å². The molecule has 0 N–H and O–H groups in total. The van der Waals surface area contributed by atoms with Gasteiger partial charge in [-0.3, -0.25) is 4.79 Å². The van der Waals surface area contributed by atoms with Gasteiger partial charge in [0.1, 0.15) is 0 Å². The topological polar surface area (TPSA) is 22.0 Å². The van der Waals surface area contributed by atoms with Crippen LogP contribution in [0, 0.1) is 13.8 Å². The van der Waals surface area contributed by atoms with E-state index in [4.69, 9.17) is 0 Å². The number of aromatic nitrogens is 1. The van der Waals surface area contributed by atoms with Gasteiger partial charge in [-0.15, -0.1) is 11.3 Å². The standard InChI is InChI=1S/C20H19NOS.2C2H6/c1-12-9-15-6-7-21-18(14(3)22)11-17(19-5-4-8-23-19)20(21)16(15)10-13(12)2;2*1-2/h4-5,8-11H,6-7H2,1-3H3;2*1-2H3. The lowest BCUT2D eigenvalue weighted by atomic mass is 9.92. The Hall–Kier alpha value is -2.13. The van der Waals surface area contributed by atoms with Crippen LogP contribution in [0.4, 0.5) is 0 Å². The summed E-state index contributed by atoms with van der Waals surface area (Å²) < 4.78 is 2.22. The Kier molecular flexibility index (Phi) is 7.20. The van der Waals surface area contributed by atoms with Gasteiger partial charge in [-0.1, -0.05) is 39.8 Å². The number of thiophene rings is 1. The number of benzene rings is 1. The summed E-state index contributed by atoms with van der Waals surface area (Å²) in [4.78, 5) is 13.3. The predicted molar refractivity (Wildman–Crippen MR) is 119 cm³/mol. The van der Waals surface area contributed by atoms with E-state index in [0.29, 0.717) is 0 Å². The minimum absolute atomic E-state index is 0.140. The molecule has 2 nitrogen and oxygen atoms in total. The minimum atomic E-state index is 0.140. The zero-order chi connectivity index (χ0) is 20.1. The highest BCUT2D eigenvalue weighted by Gasteiger charge is 2.25. The van der Waals surface area contributed by atoms with Crippen molar-refractivity contribution in [2.45, 2.75) is 61.4 Å². The number of Topliss-reactive ketones (excluding diaryl/α,β-unsaturated/α-hetero) is 1. The molecule has 27 heavy (non-hydrogen) atoms. The summed E-state index contributed by atoms with van der Waals surface area (Å²) >= 11 is 1.73. The van der Waals surface area contributed by atoms with Gasteiger partial charge in [0.05, 0.1) is 11.4 Å². The van der Waals surface area contributed by atoms with Crippen LogP contribution in [0.1, 0.15) is 61.8 Å². The maximum atomic E-state index is 12.1. The first kappa shape index (κ1) is 21.2. The van der Waals surface area contributed by atoms with E-state index in [2.05, 4.69) is 54.1 Å². The number of fused-ring (bicyclic) bond motifs is 3. The lowest BCUT2D eigenvalue weighted by Crippen LogP contribution is -2.15. The number of aryl methyl sites for hydroxylation is 3. The normalized spacial score (nSPS) is 11.4. The van der Waals surface area contributed by atoms with Crippen molar-refractivity contribution in [2.24, 2.45) is 0 Å². The zero-order valence-corrected chi connectivity index (χ0v) is 18.5. The van der Waals surface area contributed by atoms with Crippen LogP contribution in [-0.4, -0.2) is 10.4 Å². The van der Waals surface area contributed by atoms with Gasteiger partial charge < -0.3 is 4.57 Å². The lowest BCUT2D eigenvalue weighted by Gasteiger charge is -2.23. The fourth-order valence-corrected chi connectivity index (χ4v) is 4.26. The molecule has 0 fully saturated rings. The third kappa shape index (κ3) is 3.93. The van der Waals surface area contributed by atoms with Gasteiger partial charge in [0, 0.05) is 29.5 Å². The monoisotopic (exact) mass is 381 g/mol. The summed E-state index contributed by atoms with van der Waals surface area (Å²) in [6, 6.07) is 10.9. The number of carbonyl (C=O) groups excluding carboxylic acids is 1. The first-order valence-electron chi connectivity index (χ1n) is 9.95. The molecule has 1 aliphatic heterocycles. The van der Waals surface area contributed by atoms with Gasteiger partial charge in [0.25, 0.3) is 0 Å². The SMILES string of the molecule is CC.CC.CC(=O)c1cc(-c2cccs2)c2n1CCc1cc(C)c(C)cc1-2. The quantitative estimate of drug-likeness (QED) is 0.426. The highest BCUT2D eigenvalue weighted by molar-refractivity contribution is 7.13. The largest absolute Gasteiger partial charge is 0.337 e. The number of ketones is 1. The molecule has 0 radical (unpaired) electrons. The van der Waals surface area contributed by atoms with Crippen LogP contribution in [0.15, 0.2) is 35.7 Å². The van der Waals surface area contributed by atoms with Crippen molar-refractivity contribution in [3.8, 4) is 21.7 Å². The Morgan fingerprint density at radius 3 is 2.26 bits per heavy atom. The summed E-state index contributed by atoms with van der Waals surface area (Å²) in [5.41, 5.74) is 8.55. The highest BCUT2D eigenvalue weighted by Crippen LogP contribution is 2.42. The van der Waals surface area contributed by atoms with Crippen molar-refractivity contribution in [1.29, 1.82) is 0 Å². The van der Waals surface area contributed by atoms with E-state index in [1.165, 1.54) is 38.4 Å². The number of hydrogen-bond acceptors (Lipinski definition) is 2. The third-order valence-electron chi connectivity index (χ3n) is 4.82. The van der Waals surface area contributed by atoms with Gasteiger partial charge in [-0.25, -0.2) is 0 Å². The maximum absolute atomic E-state index is 12.1. The maximum Gasteiger partial charge on any atom is 0.176 e. The van der Waals surface area contributed by atoms with E-state index >= 15 is 0 Å². The van der Waals surface area contributed by atoms with Gasteiger partial charge in [-0.2, -0.15) is 0 Å². The molecule has 144 valence electrons. The molecule has 0 amide bonds. The summed E-state index contributed by atoms with van der Waals surface area (Å²) in [6.07, 6.45) is 0.988. The second-order valence-electron chi connectivity index (χ2n) is 6.32. The molecule has 0 atom stereocenters. The second-order valence-corrected chi connectivity index (χ2v) is 7.27. The van der Waals surface area contributed by atoms with Crippen molar-refractivity contribution < 1.29 is 4.79 Å². The van der Waals surface area contributed by atoms with Crippen molar-refractivity contribution in [1.82, 2.24) is 4.57 Å². The van der Waals surface area contributed by atoms with Crippen LogP contribution in [0.25, 0.3) is 21.7 Å². The van der Waals surface area contributed by atoms with Gasteiger partial charge in [0.2, 0.25) is 0 Å². The molecule has 1 aliphatic rings. The summed E-state index contributed by atoms with van der Waals surface area (Å²) in [6.45, 7) is 14.9. The first-order chi connectivity index (χ1) is 13.1. The average molecular weight is 382 g/mol. The molecule has 3 heterocycles. The number of nitrogens with zero attached hydrogens (tertiary/aromatic N) is 1. The summed E-state index contributed by atoms with van der Waals surface area (Å²) in [5.74, 6) is 0.140. The van der Waals surface area contributed by atoms with E-state index in [-0.39, 0.29) is 5.78 Å². The molecule has 2 aromatic heterocycles. The third-order valence-corrected chi connectivity index (χ3v) is 5.73. The molecular formula is C24H31NOS. The first-order valence-corrected chi connectivity index (χ1v) is 10.8. The van der Waals surface area contributed by atoms with Crippen LogP contribution < -0.4 is 0 Å². The molecule has 0 saturated carbocycles. The Morgan fingerprint density at radius 1 is 1.00 bits per heavy atom. The number of carbonyl (C=O) groups is 1. The molecular weight excluding hydrogens is 350 g/mol. The lowest BCUT2D eigenvalue weighted by molar-refractivity contribution is 0.100.